The summed E-state index contributed by atoms with van der Waals surface area (Å²) in [5, 5.41) is 10.1. The Labute approximate surface area is 170 Å². The smallest absolute Gasteiger partial charge is 0.261 e. The largest absolute Gasteiger partial charge is 0.486 e. The zero-order valence-corrected chi connectivity index (χ0v) is 17.4. The Morgan fingerprint density at radius 1 is 1.14 bits per heavy atom. The summed E-state index contributed by atoms with van der Waals surface area (Å²) in [5.41, 5.74) is -0.116. The third-order valence-corrected chi connectivity index (χ3v) is 9.93. The number of nitrogens with zero attached hydrogens (tertiary/aromatic N) is 3. The van der Waals surface area contributed by atoms with Crippen molar-refractivity contribution in [1.82, 2.24) is 9.80 Å². The quantitative estimate of drug-likeness (QED) is 0.650. The van der Waals surface area contributed by atoms with Crippen LogP contribution < -0.4 is 9.47 Å². The van der Waals surface area contributed by atoms with Gasteiger partial charge >= 0.3 is 0 Å². The maximum Gasteiger partial charge on any atom is 0.261 e. The fourth-order valence-electron chi connectivity index (χ4n) is 4.65. The highest BCUT2D eigenvalue weighted by Crippen LogP contribution is 2.69. The molecular formula is C19H19N3O4S2. The normalized spacial score (nSPS) is 38.4. The van der Waals surface area contributed by atoms with E-state index in [1.54, 1.807) is 18.9 Å². The summed E-state index contributed by atoms with van der Waals surface area (Å²) in [6, 6.07) is 7.41. The van der Waals surface area contributed by atoms with E-state index in [4.69, 9.17) is 9.47 Å². The number of likely N-dealkylation sites (N-methyl/N-ethyl adjacent to an activating group) is 1. The number of rotatable bonds is 1. The van der Waals surface area contributed by atoms with Crippen molar-refractivity contribution in [3.8, 4) is 17.6 Å². The summed E-state index contributed by atoms with van der Waals surface area (Å²) in [6.45, 7) is 4.56. The number of carbonyl (C=O) groups excluding carboxylic acids is 2. The molecule has 4 fully saturated rings. The highest BCUT2D eigenvalue weighted by Gasteiger charge is 2.74. The van der Waals surface area contributed by atoms with E-state index in [2.05, 4.69) is 6.07 Å². The molecule has 1 unspecified atom stereocenters. The number of nitriles is 1. The van der Waals surface area contributed by atoms with Gasteiger partial charge in [0, 0.05) is 13.5 Å². The third-order valence-electron chi connectivity index (χ3n) is 6.23. The van der Waals surface area contributed by atoms with Crippen molar-refractivity contribution in [3.63, 3.8) is 0 Å². The van der Waals surface area contributed by atoms with Gasteiger partial charge in [0.05, 0.1) is 17.5 Å². The molecule has 1 spiro atoms. The van der Waals surface area contributed by atoms with Gasteiger partial charge in [0.15, 0.2) is 21.2 Å². The lowest BCUT2D eigenvalue weighted by Gasteiger charge is -2.57. The lowest BCUT2D eigenvalue weighted by Crippen LogP contribution is -2.73. The molecule has 1 aromatic carbocycles. The summed E-state index contributed by atoms with van der Waals surface area (Å²) in [6.07, 6.45) is 0.290. The van der Waals surface area contributed by atoms with Crippen molar-refractivity contribution in [2.75, 3.05) is 20.3 Å². The molecule has 28 heavy (non-hydrogen) atoms. The second-order valence-corrected chi connectivity index (χ2v) is 10.8. The number of amides is 2. The molecule has 0 saturated carbocycles. The summed E-state index contributed by atoms with van der Waals surface area (Å²) in [7, 11) is 4.50. The highest BCUT2D eigenvalue weighted by atomic mass is 33.1. The zero-order valence-electron chi connectivity index (χ0n) is 15.7. The molecule has 0 radical (unpaired) electrons. The van der Waals surface area contributed by atoms with Crippen LogP contribution in [0.3, 0.4) is 0 Å². The number of carbonyl (C=O) groups is 2. The van der Waals surface area contributed by atoms with E-state index in [-0.39, 0.29) is 18.2 Å². The average Bonchev–Trinajstić information content (AvgIpc) is 2.99. The Hall–Kier alpha value is -2.05. The monoisotopic (exact) mass is 417 g/mol. The minimum absolute atomic E-state index is 0.111. The second-order valence-electron chi connectivity index (χ2n) is 7.98. The number of piperazine rings is 1. The van der Waals surface area contributed by atoms with Gasteiger partial charge in [-0.15, -0.1) is 0 Å². The van der Waals surface area contributed by atoms with Gasteiger partial charge in [-0.05, 0) is 31.5 Å². The molecule has 5 aliphatic rings. The minimum atomic E-state index is -1.06. The molecule has 5 heterocycles. The predicted molar refractivity (Wildman–Crippen MR) is 104 cm³/mol. The molecule has 0 aliphatic carbocycles. The van der Waals surface area contributed by atoms with E-state index in [0.29, 0.717) is 24.7 Å². The van der Waals surface area contributed by atoms with E-state index in [1.807, 2.05) is 25.1 Å². The Bertz CT molecular complexity index is 965. The first-order chi connectivity index (χ1) is 13.3. The van der Waals surface area contributed by atoms with Crippen LogP contribution in [-0.2, 0) is 9.59 Å². The van der Waals surface area contributed by atoms with E-state index in [9.17, 15) is 14.9 Å². The summed E-state index contributed by atoms with van der Waals surface area (Å²) in [5.74, 6) is 1.02. The SMILES string of the molecule is CN1C(=O)[C@@]23C[C@](C)(C#N)[C@H](c4ccc5c(c4)OCCO5)N2C(=O)C1(C)SS3. The van der Waals surface area contributed by atoms with Gasteiger partial charge in [-0.1, -0.05) is 27.7 Å². The Morgan fingerprint density at radius 3 is 2.57 bits per heavy atom. The topological polar surface area (TPSA) is 82.9 Å². The number of hydrogen-bond acceptors (Lipinski definition) is 7. The predicted octanol–water partition coefficient (Wildman–Crippen LogP) is 2.54. The Balaban J connectivity index is 1.69. The first kappa shape index (κ1) is 18.0. The maximum atomic E-state index is 13.5. The first-order valence-corrected chi connectivity index (χ1v) is 11.2. The minimum Gasteiger partial charge on any atom is -0.486 e. The Kier molecular flexibility index (Phi) is 3.55. The van der Waals surface area contributed by atoms with Crippen LogP contribution in [0, 0.1) is 16.7 Å². The van der Waals surface area contributed by atoms with Gasteiger partial charge in [-0.3, -0.25) is 9.59 Å². The van der Waals surface area contributed by atoms with Gasteiger partial charge in [0.1, 0.15) is 13.2 Å². The number of hydrogen-bond donors (Lipinski definition) is 0. The van der Waals surface area contributed by atoms with Crippen LogP contribution in [0.25, 0.3) is 0 Å². The van der Waals surface area contributed by atoms with Crippen LogP contribution in [-0.4, -0.2) is 51.6 Å². The lowest BCUT2D eigenvalue weighted by molar-refractivity contribution is -0.164. The van der Waals surface area contributed by atoms with E-state index < -0.39 is 21.2 Å². The summed E-state index contributed by atoms with van der Waals surface area (Å²) >= 11 is 0. The van der Waals surface area contributed by atoms with Gasteiger partial charge < -0.3 is 19.3 Å². The van der Waals surface area contributed by atoms with Crippen LogP contribution in [0.4, 0.5) is 0 Å². The van der Waals surface area contributed by atoms with Crippen molar-refractivity contribution in [3.05, 3.63) is 23.8 Å². The molecule has 4 saturated heterocycles. The molecule has 0 N–H and O–H groups in total. The molecule has 146 valence electrons. The van der Waals surface area contributed by atoms with Gasteiger partial charge in [0.2, 0.25) is 0 Å². The number of ether oxygens (including phenoxy) is 2. The first-order valence-electron chi connectivity index (χ1n) is 9.06. The van der Waals surface area contributed by atoms with Crippen LogP contribution in [0.5, 0.6) is 11.5 Å². The second kappa shape index (κ2) is 5.51. The van der Waals surface area contributed by atoms with Crippen molar-refractivity contribution in [1.29, 1.82) is 5.26 Å². The van der Waals surface area contributed by atoms with Crippen molar-refractivity contribution < 1.29 is 19.1 Å². The fourth-order valence-corrected chi connectivity index (χ4v) is 8.23. The van der Waals surface area contributed by atoms with Crippen LogP contribution in [0.15, 0.2) is 18.2 Å². The van der Waals surface area contributed by atoms with Crippen molar-refractivity contribution in [2.45, 2.75) is 36.1 Å². The average molecular weight is 418 g/mol. The molecule has 1 aromatic rings. The van der Waals surface area contributed by atoms with Crippen LogP contribution in [0.1, 0.15) is 31.9 Å². The molecule has 2 amide bonds. The number of benzene rings is 1. The standard InChI is InChI=1S/C19H19N3O4S2/c1-17(10-20)9-19-16(24)21(3)18(2,27-28-19)15(23)22(19)14(17)11-4-5-12-13(8-11)26-7-6-25-12/h4-5,8,14H,6-7,9H2,1-3H3/t14-,17+,18?,19-/m0/s1. The molecule has 6 rings (SSSR count). The van der Waals surface area contributed by atoms with Gasteiger partial charge in [-0.2, -0.15) is 5.26 Å². The van der Waals surface area contributed by atoms with Gasteiger partial charge in [0.25, 0.3) is 11.8 Å². The third kappa shape index (κ3) is 1.97. The zero-order chi connectivity index (χ0) is 19.9. The molecule has 4 atom stereocenters. The fraction of sp³-hybridized carbons (Fsp3) is 0.526. The molecule has 9 heteroatoms. The van der Waals surface area contributed by atoms with Crippen LogP contribution >= 0.6 is 21.6 Å². The van der Waals surface area contributed by atoms with E-state index in [0.717, 1.165) is 5.56 Å². The maximum absolute atomic E-state index is 13.5. The number of fused-ring (bicyclic) bond motifs is 3. The Morgan fingerprint density at radius 2 is 1.86 bits per heavy atom. The van der Waals surface area contributed by atoms with Gasteiger partial charge in [-0.25, -0.2) is 0 Å². The highest BCUT2D eigenvalue weighted by molar-refractivity contribution is 8.78. The van der Waals surface area contributed by atoms with Crippen molar-refractivity contribution >= 4 is 33.4 Å². The molecular weight excluding hydrogens is 398 g/mol. The molecule has 0 aromatic heterocycles. The molecule has 2 bridgehead atoms. The van der Waals surface area contributed by atoms with E-state index in [1.165, 1.54) is 26.5 Å². The summed E-state index contributed by atoms with van der Waals surface area (Å²) in [4.78, 5) is 28.0. The summed E-state index contributed by atoms with van der Waals surface area (Å²) < 4.78 is 11.3. The molecule has 5 aliphatic heterocycles. The molecule has 7 nitrogen and oxygen atoms in total. The van der Waals surface area contributed by atoms with E-state index >= 15 is 0 Å². The lowest BCUT2D eigenvalue weighted by atomic mass is 9.79. The van der Waals surface area contributed by atoms with Crippen LogP contribution in [0.2, 0.25) is 0 Å². The van der Waals surface area contributed by atoms with Crippen molar-refractivity contribution in [2.24, 2.45) is 5.41 Å².